The predicted molar refractivity (Wildman–Crippen MR) is 114 cm³/mol. The SMILES string of the molecule is Cc1nc(-c2cccnc2)nc(NCc2cccc(N3CCCS3(=O)=O)c2)c1C. The van der Waals surface area contributed by atoms with Gasteiger partial charge in [0.2, 0.25) is 10.0 Å². The summed E-state index contributed by atoms with van der Waals surface area (Å²) in [5, 5.41) is 3.38. The number of nitrogens with one attached hydrogen (secondary N) is 1. The third-order valence-electron chi connectivity index (χ3n) is 5.07. The highest BCUT2D eigenvalue weighted by molar-refractivity contribution is 7.93. The summed E-state index contributed by atoms with van der Waals surface area (Å²) >= 11 is 0. The molecule has 8 heteroatoms. The molecule has 29 heavy (non-hydrogen) atoms. The van der Waals surface area contributed by atoms with E-state index in [0.29, 0.717) is 31.0 Å². The third kappa shape index (κ3) is 4.07. The molecule has 0 atom stereocenters. The number of hydrogen-bond donors (Lipinski definition) is 1. The van der Waals surface area contributed by atoms with Crippen LogP contribution in [0.25, 0.3) is 11.4 Å². The first-order chi connectivity index (χ1) is 13.9. The molecule has 1 N–H and O–H groups in total. The van der Waals surface area contributed by atoms with Crippen LogP contribution < -0.4 is 9.62 Å². The van der Waals surface area contributed by atoms with Crippen molar-refractivity contribution in [3.63, 3.8) is 0 Å². The van der Waals surface area contributed by atoms with Crippen molar-refractivity contribution in [3.05, 3.63) is 65.6 Å². The molecule has 1 saturated heterocycles. The van der Waals surface area contributed by atoms with Crippen LogP contribution in [0, 0.1) is 13.8 Å². The Morgan fingerprint density at radius 3 is 2.72 bits per heavy atom. The van der Waals surface area contributed by atoms with Gasteiger partial charge in [0.25, 0.3) is 0 Å². The molecule has 0 amide bonds. The van der Waals surface area contributed by atoms with Crippen LogP contribution in [0.4, 0.5) is 11.5 Å². The standard InChI is InChI=1S/C21H23N5O2S/c1-15-16(2)24-21(18-7-4-9-22-14-18)25-20(15)23-13-17-6-3-8-19(12-17)26-10-5-11-29(26,27)28/h3-4,6-9,12,14H,5,10-11,13H2,1-2H3,(H,23,24,25). The summed E-state index contributed by atoms with van der Waals surface area (Å²) < 4.78 is 25.9. The Kier molecular flexibility index (Phi) is 5.19. The highest BCUT2D eigenvalue weighted by atomic mass is 32.2. The van der Waals surface area contributed by atoms with Crippen LogP contribution in [0.5, 0.6) is 0 Å². The first-order valence-corrected chi connectivity index (χ1v) is 11.1. The van der Waals surface area contributed by atoms with Gasteiger partial charge in [-0.2, -0.15) is 0 Å². The van der Waals surface area contributed by atoms with Crippen molar-refractivity contribution in [1.82, 2.24) is 15.0 Å². The van der Waals surface area contributed by atoms with Crippen LogP contribution in [0.2, 0.25) is 0 Å². The summed E-state index contributed by atoms with van der Waals surface area (Å²) in [4.78, 5) is 13.4. The molecular weight excluding hydrogens is 386 g/mol. The molecule has 2 aromatic heterocycles. The van der Waals surface area contributed by atoms with Crippen molar-refractivity contribution >= 4 is 21.5 Å². The van der Waals surface area contributed by atoms with Crippen LogP contribution in [-0.4, -0.2) is 35.7 Å². The fourth-order valence-electron chi connectivity index (χ4n) is 3.36. The van der Waals surface area contributed by atoms with Gasteiger partial charge in [0.05, 0.1) is 11.4 Å². The molecular formula is C21H23N5O2S. The van der Waals surface area contributed by atoms with Crippen molar-refractivity contribution in [1.29, 1.82) is 0 Å². The minimum Gasteiger partial charge on any atom is -0.366 e. The van der Waals surface area contributed by atoms with Gasteiger partial charge in [-0.1, -0.05) is 12.1 Å². The molecule has 4 rings (SSSR count). The van der Waals surface area contributed by atoms with E-state index in [1.54, 1.807) is 12.4 Å². The molecule has 0 saturated carbocycles. The summed E-state index contributed by atoms with van der Waals surface area (Å²) in [6, 6.07) is 11.4. The van der Waals surface area contributed by atoms with Gasteiger partial charge in [0.1, 0.15) is 5.82 Å². The molecule has 150 valence electrons. The lowest BCUT2D eigenvalue weighted by Gasteiger charge is -2.18. The maximum absolute atomic E-state index is 12.2. The average molecular weight is 410 g/mol. The van der Waals surface area contributed by atoms with Crippen molar-refractivity contribution in [2.75, 3.05) is 21.9 Å². The van der Waals surface area contributed by atoms with E-state index < -0.39 is 10.0 Å². The second-order valence-corrected chi connectivity index (χ2v) is 9.13. The molecule has 0 spiro atoms. The summed E-state index contributed by atoms with van der Waals surface area (Å²) in [5.74, 6) is 1.60. The Labute approximate surface area is 170 Å². The van der Waals surface area contributed by atoms with E-state index >= 15 is 0 Å². The highest BCUT2D eigenvalue weighted by Crippen LogP contribution is 2.26. The lowest BCUT2D eigenvalue weighted by Crippen LogP contribution is -2.25. The van der Waals surface area contributed by atoms with E-state index in [-0.39, 0.29) is 5.75 Å². The Balaban J connectivity index is 1.57. The number of benzene rings is 1. The minimum atomic E-state index is -3.19. The number of aromatic nitrogens is 3. The van der Waals surface area contributed by atoms with E-state index in [1.807, 2.05) is 50.2 Å². The Morgan fingerprint density at radius 1 is 1.14 bits per heavy atom. The number of hydrogen-bond acceptors (Lipinski definition) is 6. The molecule has 3 aromatic rings. The second-order valence-electron chi connectivity index (χ2n) is 7.11. The first-order valence-electron chi connectivity index (χ1n) is 9.53. The number of nitrogens with zero attached hydrogens (tertiary/aromatic N) is 4. The Bertz CT molecular complexity index is 1130. The first kappa shape index (κ1) is 19.3. The van der Waals surface area contributed by atoms with Crippen LogP contribution in [0.3, 0.4) is 0 Å². The zero-order valence-corrected chi connectivity index (χ0v) is 17.3. The second kappa shape index (κ2) is 7.79. The van der Waals surface area contributed by atoms with Crippen LogP contribution in [0.15, 0.2) is 48.8 Å². The number of aryl methyl sites for hydroxylation is 1. The van der Waals surface area contributed by atoms with Gasteiger partial charge in [-0.05, 0) is 50.1 Å². The molecule has 0 radical (unpaired) electrons. The molecule has 0 aliphatic carbocycles. The van der Waals surface area contributed by atoms with Crippen LogP contribution in [-0.2, 0) is 16.6 Å². The van der Waals surface area contributed by atoms with Gasteiger partial charge in [-0.3, -0.25) is 9.29 Å². The van der Waals surface area contributed by atoms with Gasteiger partial charge in [0, 0.05) is 42.3 Å². The molecule has 3 heterocycles. The number of anilines is 2. The largest absolute Gasteiger partial charge is 0.366 e. The summed E-state index contributed by atoms with van der Waals surface area (Å²) in [6.45, 7) is 5.02. The predicted octanol–water partition coefficient (Wildman–Crippen LogP) is 3.31. The zero-order chi connectivity index (χ0) is 20.4. The van der Waals surface area contributed by atoms with Gasteiger partial charge < -0.3 is 5.32 Å². The Hall–Kier alpha value is -3.00. The molecule has 0 bridgehead atoms. The zero-order valence-electron chi connectivity index (χ0n) is 16.5. The molecule has 1 aromatic carbocycles. The Morgan fingerprint density at radius 2 is 2.00 bits per heavy atom. The minimum absolute atomic E-state index is 0.214. The van der Waals surface area contributed by atoms with E-state index in [2.05, 4.69) is 20.3 Å². The van der Waals surface area contributed by atoms with Gasteiger partial charge in [-0.25, -0.2) is 18.4 Å². The fraction of sp³-hybridized carbons (Fsp3) is 0.286. The number of sulfonamides is 1. The maximum atomic E-state index is 12.2. The molecule has 1 aliphatic rings. The molecule has 0 unspecified atom stereocenters. The van der Waals surface area contributed by atoms with E-state index in [4.69, 9.17) is 0 Å². The topological polar surface area (TPSA) is 88.1 Å². The number of rotatable bonds is 5. The third-order valence-corrected chi connectivity index (χ3v) is 6.94. The van der Waals surface area contributed by atoms with Crippen molar-refractivity contribution in [2.45, 2.75) is 26.8 Å². The average Bonchev–Trinajstić information content (AvgIpc) is 3.09. The summed E-state index contributed by atoms with van der Waals surface area (Å²) in [6.07, 6.45) is 4.13. The van der Waals surface area contributed by atoms with Crippen molar-refractivity contribution in [3.8, 4) is 11.4 Å². The summed E-state index contributed by atoms with van der Waals surface area (Å²) in [5.41, 5.74) is 4.45. The fourth-order valence-corrected chi connectivity index (χ4v) is 4.92. The molecule has 7 nitrogen and oxygen atoms in total. The van der Waals surface area contributed by atoms with E-state index in [9.17, 15) is 8.42 Å². The molecule has 1 fully saturated rings. The number of pyridine rings is 1. The van der Waals surface area contributed by atoms with E-state index in [1.165, 1.54) is 4.31 Å². The monoisotopic (exact) mass is 409 g/mol. The van der Waals surface area contributed by atoms with Gasteiger partial charge in [-0.15, -0.1) is 0 Å². The van der Waals surface area contributed by atoms with Crippen molar-refractivity contribution < 1.29 is 8.42 Å². The smallest absolute Gasteiger partial charge is 0.235 e. The van der Waals surface area contributed by atoms with Gasteiger partial charge in [0.15, 0.2) is 5.82 Å². The maximum Gasteiger partial charge on any atom is 0.235 e. The van der Waals surface area contributed by atoms with Crippen molar-refractivity contribution in [2.24, 2.45) is 0 Å². The summed E-state index contributed by atoms with van der Waals surface area (Å²) in [7, 11) is -3.19. The van der Waals surface area contributed by atoms with E-state index in [0.717, 1.165) is 28.2 Å². The van der Waals surface area contributed by atoms with Gasteiger partial charge >= 0.3 is 0 Å². The highest BCUT2D eigenvalue weighted by Gasteiger charge is 2.28. The quantitative estimate of drug-likeness (QED) is 0.696. The lowest BCUT2D eigenvalue weighted by molar-refractivity contribution is 0.599. The lowest BCUT2D eigenvalue weighted by atomic mass is 10.1. The normalized spacial score (nSPS) is 15.4. The van der Waals surface area contributed by atoms with Crippen LogP contribution >= 0.6 is 0 Å². The molecule has 1 aliphatic heterocycles. The van der Waals surface area contributed by atoms with Crippen LogP contribution in [0.1, 0.15) is 23.2 Å².